The van der Waals surface area contributed by atoms with Crippen LogP contribution in [0, 0.1) is 12.8 Å². The van der Waals surface area contributed by atoms with Gasteiger partial charge in [0.05, 0.1) is 0 Å². The van der Waals surface area contributed by atoms with Crippen molar-refractivity contribution in [2.45, 2.75) is 57.9 Å². The molecule has 0 amide bonds. The monoisotopic (exact) mass is 329 g/mol. The van der Waals surface area contributed by atoms with Gasteiger partial charge in [-0.25, -0.2) is 0 Å². The van der Waals surface area contributed by atoms with Crippen LogP contribution in [0.5, 0.6) is 0 Å². The first-order valence-electron chi connectivity index (χ1n) is 7.15. The first kappa shape index (κ1) is 14.5. The highest BCUT2D eigenvalue weighted by molar-refractivity contribution is 9.10. The molecule has 1 aliphatic carbocycles. The molecule has 1 atom stereocenters. The molecule has 0 spiro atoms. The van der Waals surface area contributed by atoms with Crippen LogP contribution in [0.25, 0.3) is 0 Å². The van der Waals surface area contributed by atoms with E-state index in [1.807, 2.05) is 11.3 Å². The summed E-state index contributed by atoms with van der Waals surface area (Å²) >= 11 is 5.67. The summed E-state index contributed by atoms with van der Waals surface area (Å²) in [6.07, 6.45) is 9.88. The SMILES string of the molecule is CNC(c1sc(C)cc1Br)C1CCCCCCC1. The van der Waals surface area contributed by atoms with Crippen LogP contribution in [-0.2, 0) is 0 Å². The van der Waals surface area contributed by atoms with Gasteiger partial charge in [0, 0.05) is 20.3 Å². The Hall–Kier alpha value is 0.140. The van der Waals surface area contributed by atoms with Crippen molar-refractivity contribution in [3.05, 3.63) is 20.3 Å². The number of halogens is 1. The number of rotatable bonds is 3. The Balaban J connectivity index is 2.13. The first-order chi connectivity index (χ1) is 8.72. The van der Waals surface area contributed by atoms with E-state index in [1.54, 1.807) is 0 Å². The molecule has 0 radical (unpaired) electrons. The Kier molecular flexibility index (Phi) is 5.71. The van der Waals surface area contributed by atoms with Crippen molar-refractivity contribution in [3.8, 4) is 0 Å². The predicted molar refractivity (Wildman–Crippen MR) is 84.4 cm³/mol. The van der Waals surface area contributed by atoms with Crippen LogP contribution in [0.3, 0.4) is 0 Å². The van der Waals surface area contributed by atoms with E-state index in [2.05, 4.69) is 41.3 Å². The summed E-state index contributed by atoms with van der Waals surface area (Å²) in [6, 6.07) is 2.80. The van der Waals surface area contributed by atoms with E-state index in [4.69, 9.17) is 0 Å². The Labute approximate surface area is 123 Å². The number of hydrogen-bond donors (Lipinski definition) is 1. The van der Waals surface area contributed by atoms with Gasteiger partial charge in [0.1, 0.15) is 0 Å². The van der Waals surface area contributed by atoms with Gasteiger partial charge in [-0.05, 0) is 54.7 Å². The fourth-order valence-electron chi connectivity index (χ4n) is 3.12. The summed E-state index contributed by atoms with van der Waals surface area (Å²) < 4.78 is 1.30. The molecule has 0 aromatic carbocycles. The van der Waals surface area contributed by atoms with Crippen LogP contribution < -0.4 is 5.32 Å². The maximum atomic E-state index is 3.73. The number of hydrogen-bond acceptors (Lipinski definition) is 2. The zero-order chi connectivity index (χ0) is 13.0. The summed E-state index contributed by atoms with van der Waals surface area (Å²) in [7, 11) is 2.12. The molecule has 3 heteroatoms. The second-order valence-electron chi connectivity index (χ2n) is 5.44. The number of nitrogens with one attached hydrogen (secondary N) is 1. The van der Waals surface area contributed by atoms with Crippen molar-refractivity contribution < 1.29 is 0 Å². The highest BCUT2D eigenvalue weighted by atomic mass is 79.9. The van der Waals surface area contributed by atoms with Gasteiger partial charge < -0.3 is 5.32 Å². The van der Waals surface area contributed by atoms with Crippen molar-refractivity contribution in [2.75, 3.05) is 7.05 Å². The van der Waals surface area contributed by atoms with Crippen molar-refractivity contribution in [1.29, 1.82) is 0 Å². The van der Waals surface area contributed by atoms with E-state index >= 15 is 0 Å². The van der Waals surface area contributed by atoms with Crippen LogP contribution in [0.2, 0.25) is 0 Å². The topological polar surface area (TPSA) is 12.0 Å². The predicted octanol–water partition coefficient (Wildman–Crippen LogP) is 5.44. The Morgan fingerprint density at radius 3 is 2.33 bits per heavy atom. The molecular formula is C15H24BrNS. The van der Waals surface area contributed by atoms with Gasteiger partial charge >= 0.3 is 0 Å². The lowest BCUT2D eigenvalue weighted by Crippen LogP contribution is -2.25. The third kappa shape index (κ3) is 3.58. The molecule has 18 heavy (non-hydrogen) atoms. The van der Waals surface area contributed by atoms with Crippen LogP contribution >= 0.6 is 27.3 Å². The van der Waals surface area contributed by atoms with E-state index in [-0.39, 0.29) is 0 Å². The molecule has 2 rings (SSSR count). The molecule has 1 saturated carbocycles. The minimum absolute atomic E-state index is 0.538. The molecule has 0 saturated heterocycles. The molecular weight excluding hydrogens is 306 g/mol. The van der Waals surface area contributed by atoms with Crippen LogP contribution in [0.1, 0.15) is 60.7 Å². The first-order valence-corrected chi connectivity index (χ1v) is 8.76. The van der Waals surface area contributed by atoms with E-state index < -0.39 is 0 Å². The normalized spacial score (nSPS) is 20.4. The third-order valence-electron chi connectivity index (χ3n) is 4.05. The molecule has 102 valence electrons. The fraction of sp³-hybridized carbons (Fsp3) is 0.733. The number of thiophene rings is 1. The molecule has 1 nitrogen and oxygen atoms in total. The maximum absolute atomic E-state index is 3.73. The van der Waals surface area contributed by atoms with E-state index in [0.717, 1.165) is 5.92 Å². The lowest BCUT2D eigenvalue weighted by Gasteiger charge is -2.28. The van der Waals surface area contributed by atoms with Gasteiger partial charge in [-0.2, -0.15) is 0 Å². The Morgan fingerprint density at radius 1 is 1.22 bits per heavy atom. The van der Waals surface area contributed by atoms with Gasteiger partial charge in [0.2, 0.25) is 0 Å². The molecule has 1 N–H and O–H groups in total. The standard InChI is InChI=1S/C15H24BrNS/c1-11-10-13(16)15(18-11)14(17-2)12-8-6-4-3-5-7-9-12/h10,12,14,17H,3-9H2,1-2H3. The second kappa shape index (κ2) is 7.06. The minimum atomic E-state index is 0.538. The van der Waals surface area contributed by atoms with Gasteiger partial charge in [-0.15, -0.1) is 11.3 Å². The molecule has 1 aromatic rings. The average Bonchev–Trinajstić information content (AvgIpc) is 2.62. The second-order valence-corrected chi connectivity index (χ2v) is 7.58. The molecule has 0 aliphatic heterocycles. The smallest absolute Gasteiger partial charge is 0.0452 e. The third-order valence-corrected chi connectivity index (χ3v) is 6.10. The molecule has 1 unspecified atom stereocenters. The molecule has 1 aliphatic rings. The Morgan fingerprint density at radius 2 is 1.83 bits per heavy atom. The van der Waals surface area contributed by atoms with Crippen molar-refractivity contribution in [2.24, 2.45) is 5.92 Å². The van der Waals surface area contributed by atoms with Gasteiger partial charge in [-0.3, -0.25) is 0 Å². The van der Waals surface area contributed by atoms with Crippen molar-refractivity contribution in [3.63, 3.8) is 0 Å². The highest BCUT2D eigenvalue weighted by Gasteiger charge is 2.25. The van der Waals surface area contributed by atoms with E-state index in [0.29, 0.717) is 6.04 Å². The average molecular weight is 330 g/mol. The summed E-state index contributed by atoms with van der Waals surface area (Å²) in [5, 5.41) is 3.57. The molecule has 1 fully saturated rings. The van der Waals surface area contributed by atoms with Gasteiger partial charge in [0.25, 0.3) is 0 Å². The van der Waals surface area contributed by atoms with Crippen molar-refractivity contribution >= 4 is 27.3 Å². The largest absolute Gasteiger partial charge is 0.312 e. The number of aryl methyl sites for hydroxylation is 1. The van der Waals surface area contributed by atoms with E-state index in [9.17, 15) is 0 Å². The minimum Gasteiger partial charge on any atom is -0.312 e. The molecule has 0 bridgehead atoms. The zero-order valence-corrected chi connectivity index (χ0v) is 13.9. The highest BCUT2D eigenvalue weighted by Crippen LogP contribution is 2.39. The zero-order valence-electron chi connectivity index (χ0n) is 11.5. The van der Waals surface area contributed by atoms with Crippen LogP contribution in [0.15, 0.2) is 10.5 Å². The van der Waals surface area contributed by atoms with Crippen LogP contribution in [0.4, 0.5) is 0 Å². The van der Waals surface area contributed by atoms with Gasteiger partial charge in [-0.1, -0.05) is 32.1 Å². The van der Waals surface area contributed by atoms with E-state index in [1.165, 1.54) is 59.2 Å². The summed E-state index contributed by atoms with van der Waals surface area (Å²) in [5.41, 5.74) is 0. The maximum Gasteiger partial charge on any atom is 0.0452 e. The molecule has 1 aromatic heterocycles. The van der Waals surface area contributed by atoms with Crippen molar-refractivity contribution in [1.82, 2.24) is 5.32 Å². The lowest BCUT2D eigenvalue weighted by molar-refractivity contribution is 0.302. The fourth-order valence-corrected chi connectivity index (χ4v) is 5.22. The molecule has 1 heterocycles. The Bertz CT molecular complexity index is 367. The lowest BCUT2D eigenvalue weighted by atomic mass is 9.85. The summed E-state index contributed by atoms with van der Waals surface area (Å²) in [4.78, 5) is 2.91. The van der Waals surface area contributed by atoms with Crippen LogP contribution in [-0.4, -0.2) is 7.05 Å². The quantitative estimate of drug-likeness (QED) is 0.778. The van der Waals surface area contributed by atoms with Gasteiger partial charge in [0.15, 0.2) is 0 Å². The summed E-state index contributed by atoms with van der Waals surface area (Å²) in [6.45, 7) is 2.20. The summed E-state index contributed by atoms with van der Waals surface area (Å²) in [5.74, 6) is 0.810.